The maximum Gasteiger partial charge on any atom is 0.431 e. The molecule has 2 fully saturated rings. The van der Waals surface area contributed by atoms with Gasteiger partial charge in [0, 0.05) is 0 Å². The van der Waals surface area contributed by atoms with E-state index in [9.17, 15) is 34.9 Å². The molecule has 0 saturated carbocycles. The summed E-state index contributed by atoms with van der Waals surface area (Å²) in [6.45, 7) is 0.340. The summed E-state index contributed by atoms with van der Waals surface area (Å²) in [4.78, 5) is 36.8. The summed E-state index contributed by atoms with van der Waals surface area (Å²) in [6, 6.07) is -3.17. The Hall–Kier alpha value is -1.89. The predicted octanol–water partition coefficient (Wildman–Crippen LogP) is -2.61. The maximum atomic E-state index is 12.7. The summed E-state index contributed by atoms with van der Waals surface area (Å²) in [5.41, 5.74) is 0.144. The van der Waals surface area contributed by atoms with Crippen LogP contribution in [-0.2, 0) is 14.3 Å². The summed E-state index contributed by atoms with van der Waals surface area (Å²) in [5, 5.41) is 40.9. The standard InChI is InChI=1S/C14H19N3O8/c1-6-3-17(14(23)15-12(6)21,10-2-8(20)9(5-19)25-10)11-7(4-18)16(24)13(11)22/h3,7-11,18-20,24H,2,4-5H2,1H3/p+1/t7?,8-,9+,10+,11?,17?/m0/s1. The molecular weight excluding hydrogens is 338 g/mol. The van der Waals surface area contributed by atoms with Crippen LogP contribution < -0.4 is 5.32 Å². The number of nitrogens with zero attached hydrogens (tertiary/aromatic N) is 2. The lowest BCUT2D eigenvalue weighted by atomic mass is 9.92. The number of ether oxygens (including phenoxy) is 1. The number of imide groups is 1. The number of rotatable bonds is 4. The van der Waals surface area contributed by atoms with Crippen LogP contribution in [0.2, 0.25) is 0 Å². The molecule has 3 aliphatic heterocycles. The van der Waals surface area contributed by atoms with Gasteiger partial charge in [0.1, 0.15) is 18.3 Å². The second-order valence-corrected chi connectivity index (χ2v) is 6.40. The molecule has 4 amide bonds. The molecule has 0 spiro atoms. The lowest BCUT2D eigenvalue weighted by Crippen LogP contribution is -2.81. The fourth-order valence-electron chi connectivity index (χ4n) is 3.64. The van der Waals surface area contributed by atoms with Crippen LogP contribution in [0.25, 0.3) is 0 Å². The Morgan fingerprint density at radius 1 is 1.32 bits per heavy atom. The summed E-state index contributed by atoms with van der Waals surface area (Å²) in [5.74, 6) is -1.46. The smallest absolute Gasteiger partial charge is 0.394 e. The van der Waals surface area contributed by atoms with E-state index in [4.69, 9.17) is 4.74 Å². The van der Waals surface area contributed by atoms with Crippen molar-refractivity contribution in [2.45, 2.75) is 43.9 Å². The van der Waals surface area contributed by atoms with Crippen LogP contribution in [0.3, 0.4) is 0 Å². The van der Waals surface area contributed by atoms with E-state index in [0.717, 1.165) is 0 Å². The van der Waals surface area contributed by atoms with Crippen molar-refractivity contribution in [2.24, 2.45) is 0 Å². The highest BCUT2D eigenvalue weighted by Crippen LogP contribution is 2.40. The zero-order valence-corrected chi connectivity index (χ0v) is 13.4. The molecule has 0 radical (unpaired) electrons. The molecule has 3 heterocycles. The van der Waals surface area contributed by atoms with Gasteiger partial charge in [-0.3, -0.25) is 14.8 Å². The molecule has 0 aromatic rings. The van der Waals surface area contributed by atoms with E-state index in [-0.39, 0.29) is 12.0 Å². The number of aliphatic hydroxyl groups excluding tert-OH is 3. The first kappa shape index (κ1) is 17.9. The van der Waals surface area contributed by atoms with Gasteiger partial charge in [-0.15, -0.1) is 0 Å². The van der Waals surface area contributed by atoms with E-state index in [1.54, 1.807) is 0 Å². The zero-order valence-electron chi connectivity index (χ0n) is 13.4. The number of urea groups is 1. The number of hydrogen-bond acceptors (Lipinski definition) is 8. The van der Waals surface area contributed by atoms with Crippen LogP contribution in [0.15, 0.2) is 11.8 Å². The maximum absolute atomic E-state index is 12.7. The summed E-state index contributed by atoms with van der Waals surface area (Å²) in [6.07, 6.45) is -1.93. The topological polar surface area (TPSA) is 157 Å². The van der Waals surface area contributed by atoms with E-state index in [2.05, 4.69) is 5.32 Å². The molecule has 0 aromatic heterocycles. The number of quaternary nitrogens is 1. The number of carbonyl (C=O) groups is 3. The van der Waals surface area contributed by atoms with Gasteiger partial charge in [0.15, 0.2) is 0 Å². The van der Waals surface area contributed by atoms with Gasteiger partial charge < -0.3 is 20.1 Å². The highest BCUT2D eigenvalue weighted by atomic mass is 16.6. The molecule has 3 unspecified atom stereocenters. The van der Waals surface area contributed by atoms with Gasteiger partial charge in [-0.05, 0) is 6.92 Å². The van der Waals surface area contributed by atoms with Crippen molar-refractivity contribution < 1.29 is 44.1 Å². The van der Waals surface area contributed by atoms with Gasteiger partial charge >= 0.3 is 11.9 Å². The lowest BCUT2D eigenvalue weighted by molar-refractivity contribution is -0.876. The van der Waals surface area contributed by atoms with Gasteiger partial charge in [0.25, 0.3) is 5.91 Å². The van der Waals surface area contributed by atoms with Crippen molar-refractivity contribution in [3.8, 4) is 0 Å². The summed E-state index contributed by atoms with van der Waals surface area (Å²) < 4.78 is 4.75. The van der Waals surface area contributed by atoms with Crippen LogP contribution in [0.4, 0.5) is 4.79 Å². The van der Waals surface area contributed by atoms with E-state index >= 15 is 0 Å². The normalized spacial score (nSPS) is 41.5. The van der Waals surface area contributed by atoms with Gasteiger partial charge in [0.2, 0.25) is 12.3 Å². The second kappa shape index (κ2) is 6.12. The lowest BCUT2D eigenvalue weighted by Gasteiger charge is -2.51. The molecule has 5 N–H and O–H groups in total. The first-order valence-electron chi connectivity index (χ1n) is 7.78. The van der Waals surface area contributed by atoms with E-state index in [0.29, 0.717) is 5.06 Å². The zero-order chi connectivity index (χ0) is 18.5. The number of amides is 4. The number of carbonyl (C=O) groups excluding carboxylic acids is 3. The molecule has 11 nitrogen and oxygen atoms in total. The Morgan fingerprint density at radius 2 is 2.00 bits per heavy atom. The van der Waals surface area contributed by atoms with Crippen LogP contribution in [0.1, 0.15) is 13.3 Å². The van der Waals surface area contributed by atoms with E-state index in [1.807, 2.05) is 0 Å². The minimum Gasteiger partial charge on any atom is -0.394 e. The number of hydrogen-bond donors (Lipinski definition) is 5. The monoisotopic (exact) mass is 358 g/mol. The first-order chi connectivity index (χ1) is 11.8. The molecule has 0 aliphatic carbocycles. The minimum absolute atomic E-state index is 0.0794. The second-order valence-electron chi connectivity index (χ2n) is 6.40. The third-order valence-electron chi connectivity index (χ3n) is 5.00. The van der Waals surface area contributed by atoms with Crippen LogP contribution in [0, 0.1) is 0 Å². The number of aliphatic hydroxyl groups is 3. The molecular formula is C14H20N3O8+. The summed E-state index contributed by atoms with van der Waals surface area (Å²) >= 11 is 0. The molecule has 138 valence electrons. The van der Waals surface area contributed by atoms with Crippen molar-refractivity contribution in [2.75, 3.05) is 13.2 Å². The van der Waals surface area contributed by atoms with Crippen LogP contribution in [-0.4, -0.2) is 91.7 Å². The van der Waals surface area contributed by atoms with Crippen LogP contribution >= 0.6 is 0 Å². The van der Waals surface area contributed by atoms with Crippen molar-refractivity contribution in [3.63, 3.8) is 0 Å². The molecule has 0 bridgehead atoms. The summed E-state index contributed by atoms with van der Waals surface area (Å²) in [7, 11) is 0. The van der Waals surface area contributed by atoms with Crippen molar-refractivity contribution in [3.05, 3.63) is 11.8 Å². The van der Waals surface area contributed by atoms with Gasteiger partial charge in [-0.2, -0.15) is 4.48 Å². The van der Waals surface area contributed by atoms with Crippen molar-refractivity contribution in [1.82, 2.24) is 10.4 Å². The van der Waals surface area contributed by atoms with Crippen LogP contribution in [0.5, 0.6) is 0 Å². The average Bonchev–Trinajstić information content (AvgIpc) is 2.96. The molecule has 25 heavy (non-hydrogen) atoms. The number of hydroxylamine groups is 2. The Bertz CT molecular complexity index is 652. The van der Waals surface area contributed by atoms with E-state index in [1.165, 1.54) is 13.1 Å². The minimum atomic E-state index is -1.23. The average molecular weight is 358 g/mol. The number of nitrogens with one attached hydrogen (secondary N) is 1. The first-order valence-corrected chi connectivity index (χ1v) is 7.78. The molecule has 3 rings (SSSR count). The third kappa shape index (κ3) is 2.39. The largest absolute Gasteiger partial charge is 0.431 e. The fraction of sp³-hybridized carbons (Fsp3) is 0.643. The highest BCUT2D eigenvalue weighted by molar-refractivity contribution is 6.04. The molecule has 11 heteroatoms. The Morgan fingerprint density at radius 3 is 2.56 bits per heavy atom. The van der Waals surface area contributed by atoms with Crippen molar-refractivity contribution in [1.29, 1.82) is 0 Å². The number of β-lactam (4-membered cyclic amide) rings is 1. The van der Waals surface area contributed by atoms with Gasteiger partial charge in [-0.1, -0.05) is 0 Å². The Kier molecular flexibility index (Phi) is 4.39. The van der Waals surface area contributed by atoms with Gasteiger partial charge in [0.05, 0.1) is 31.3 Å². The Balaban J connectivity index is 2.09. The molecule has 3 aliphatic rings. The highest BCUT2D eigenvalue weighted by Gasteiger charge is 2.68. The quantitative estimate of drug-likeness (QED) is 0.208. The molecule has 2 saturated heterocycles. The fourth-order valence-corrected chi connectivity index (χ4v) is 3.64. The van der Waals surface area contributed by atoms with E-state index < -0.39 is 66.1 Å². The Labute approximate surface area is 142 Å². The van der Waals surface area contributed by atoms with Crippen molar-refractivity contribution >= 4 is 17.8 Å². The molecule has 0 aromatic carbocycles. The van der Waals surface area contributed by atoms with Gasteiger partial charge in [-0.25, -0.2) is 15.2 Å². The SMILES string of the molecule is CC1=C[N+](C2C(=O)N(O)C2CO)([C@H]2C[C@H](O)[C@@H](CO)O2)C(=O)NC1=O. The predicted molar refractivity (Wildman–Crippen MR) is 77.2 cm³/mol. The third-order valence-corrected chi connectivity index (χ3v) is 5.00. The molecule has 6 atom stereocenters.